The molecule has 0 aromatic rings. The molecule has 10 heavy (non-hydrogen) atoms. The number of aliphatic hydroxyl groups excluding tert-OH is 1. The smallest absolute Gasteiger partial charge is 0.203 e. The Kier molecular flexibility index (Phi) is 4.88. The normalized spacial score (nSPS) is 14.0. The summed E-state index contributed by atoms with van der Waals surface area (Å²) >= 11 is 0. The minimum Gasteiger partial charge on any atom is -0.369 e. The van der Waals surface area contributed by atoms with E-state index in [1.807, 2.05) is 21.0 Å². The van der Waals surface area contributed by atoms with Crippen molar-refractivity contribution in [2.75, 3.05) is 20.6 Å². The van der Waals surface area contributed by atoms with Crippen molar-refractivity contribution >= 4 is 6.34 Å². The number of hydrogen-bond acceptors (Lipinski definition) is 3. The Morgan fingerprint density at radius 2 is 2.30 bits per heavy atom. The molecule has 60 valence electrons. The van der Waals surface area contributed by atoms with Crippen molar-refractivity contribution in [1.82, 2.24) is 10.2 Å². The molecule has 0 spiro atoms. The Labute approximate surface area is 61.6 Å². The highest BCUT2D eigenvalue weighted by Gasteiger charge is 1.92. The van der Waals surface area contributed by atoms with E-state index in [1.165, 1.54) is 0 Å². The maximum Gasteiger partial charge on any atom is 0.203 e. The first-order valence-electron chi connectivity index (χ1n) is 3.28. The lowest BCUT2D eigenvalue weighted by atomic mass is 10.7. The largest absolute Gasteiger partial charge is 0.369 e. The van der Waals surface area contributed by atoms with Crippen molar-refractivity contribution in [3.05, 3.63) is 0 Å². The van der Waals surface area contributed by atoms with E-state index in [1.54, 1.807) is 11.2 Å². The zero-order valence-electron chi connectivity index (χ0n) is 6.70. The van der Waals surface area contributed by atoms with Gasteiger partial charge in [-0.05, 0) is 6.54 Å². The summed E-state index contributed by atoms with van der Waals surface area (Å²) in [6, 6.07) is 0. The van der Waals surface area contributed by atoms with Gasteiger partial charge in [-0.15, -0.1) is 0 Å². The SMILES string of the molecule is CCNC(O)N=CN(C)C. The van der Waals surface area contributed by atoms with E-state index in [0.29, 0.717) is 6.54 Å². The average Bonchev–Trinajstić information content (AvgIpc) is 1.85. The maximum atomic E-state index is 8.96. The highest BCUT2D eigenvalue weighted by Crippen LogP contribution is 1.76. The van der Waals surface area contributed by atoms with Gasteiger partial charge in [-0.25, -0.2) is 4.99 Å². The van der Waals surface area contributed by atoms with Gasteiger partial charge < -0.3 is 10.0 Å². The zero-order valence-corrected chi connectivity index (χ0v) is 6.70. The molecule has 0 radical (unpaired) electrons. The highest BCUT2D eigenvalue weighted by molar-refractivity contribution is 5.53. The molecular formula is C6H15N3O. The minimum absolute atomic E-state index is 0.714. The number of nitrogens with zero attached hydrogens (tertiary/aromatic N) is 2. The highest BCUT2D eigenvalue weighted by atomic mass is 16.3. The van der Waals surface area contributed by atoms with Crippen molar-refractivity contribution < 1.29 is 5.11 Å². The van der Waals surface area contributed by atoms with E-state index in [0.717, 1.165) is 0 Å². The fourth-order valence-electron chi connectivity index (χ4n) is 0.432. The van der Waals surface area contributed by atoms with Crippen molar-refractivity contribution in [3.63, 3.8) is 0 Å². The van der Waals surface area contributed by atoms with Crippen molar-refractivity contribution in [2.45, 2.75) is 13.3 Å². The Morgan fingerprint density at radius 3 is 2.70 bits per heavy atom. The summed E-state index contributed by atoms with van der Waals surface area (Å²) in [5.74, 6) is 0. The molecule has 1 atom stereocenters. The molecule has 0 saturated carbocycles. The molecule has 4 heteroatoms. The fraction of sp³-hybridized carbons (Fsp3) is 0.833. The Balaban J connectivity index is 3.45. The first-order valence-corrected chi connectivity index (χ1v) is 3.28. The van der Waals surface area contributed by atoms with Gasteiger partial charge in [-0.1, -0.05) is 6.92 Å². The molecule has 0 aliphatic carbocycles. The van der Waals surface area contributed by atoms with E-state index in [-0.39, 0.29) is 0 Å². The number of aliphatic imine (C=N–C) groups is 1. The van der Waals surface area contributed by atoms with E-state index in [9.17, 15) is 0 Å². The third-order valence-electron chi connectivity index (χ3n) is 0.826. The Morgan fingerprint density at radius 1 is 1.70 bits per heavy atom. The lowest BCUT2D eigenvalue weighted by Gasteiger charge is -2.07. The van der Waals surface area contributed by atoms with Crippen LogP contribution in [0.4, 0.5) is 0 Å². The van der Waals surface area contributed by atoms with Crippen LogP contribution in [0.1, 0.15) is 6.92 Å². The second kappa shape index (κ2) is 5.20. The van der Waals surface area contributed by atoms with Gasteiger partial charge in [0.1, 0.15) is 0 Å². The van der Waals surface area contributed by atoms with Crippen LogP contribution in [-0.2, 0) is 0 Å². The standard InChI is InChI=1S/C6H15N3O/c1-4-7-6(10)8-5-9(2)3/h5-7,10H,4H2,1-3H3. The van der Waals surface area contributed by atoms with E-state index in [2.05, 4.69) is 10.3 Å². The Hall–Kier alpha value is -0.610. The molecule has 0 amide bonds. The van der Waals surface area contributed by atoms with Gasteiger partial charge in [-0.2, -0.15) is 0 Å². The fourth-order valence-corrected chi connectivity index (χ4v) is 0.432. The van der Waals surface area contributed by atoms with Gasteiger partial charge >= 0.3 is 0 Å². The molecule has 0 bridgehead atoms. The third kappa shape index (κ3) is 5.53. The van der Waals surface area contributed by atoms with Crippen LogP contribution in [0.15, 0.2) is 4.99 Å². The van der Waals surface area contributed by atoms with Crippen LogP contribution in [0.2, 0.25) is 0 Å². The van der Waals surface area contributed by atoms with Gasteiger partial charge in [0, 0.05) is 14.1 Å². The molecule has 0 fully saturated rings. The van der Waals surface area contributed by atoms with Gasteiger partial charge in [-0.3, -0.25) is 5.32 Å². The summed E-state index contributed by atoms with van der Waals surface area (Å²) in [4.78, 5) is 5.52. The number of rotatable bonds is 4. The number of nitrogens with one attached hydrogen (secondary N) is 1. The van der Waals surface area contributed by atoms with Crippen LogP contribution in [0.5, 0.6) is 0 Å². The van der Waals surface area contributed by atoms with Crippen molar-refractivity contribution in [3.8, 4) is 0 Å². The van der Waals surface area contributed by atoms with Gasteiger partial charge in [0.05, 0.1) is 6.34 Å². The van der Waals surface area contributed by atoms with Crippen molar-refractivity contribution in [1.29, 1.82) is 0 Å². The van der Waals surface area contributed by atoms with E-state index < -0.39 is 6.35 Å². The van der Waals surface area contributed by atoms with E-state index >= 15 is 0 Å². The minimum atomic E-state index is -0.771. The summed E-state index contributed by atoms with van der Waals surface area (Å²) in [7, 11) is 3.70. The quantitative estimate of drug-likeness (QED) is 0.317. The average molecular weight is 145 g/mol. The first kappa shape index (κ1) is 9.39. The summed E-state index contributed by atoms with van der Waals surface area (Å²) in [5.41, 5.74) is 0. The molecule has 0 rings (SSSR count). The van der Waals surface area contributed by atoms with Gasteiger partial charge in [0.15, 0.2) is 0 Å². The molecule has 0 aromatic carbocycles. The van der Waals surface area contributed by atoms with Crippen LogP contribution in [-0.4, -0.2) is 43.3 Å². The predicted octanol–water partition coefficient (Wildman–Crippen LogP) is -0.538. The van der Waals surface area contributed by atoms with Crippen LogP contribution in [0, 0.1) is 0 Å². The number of hydrogen-bond donors (Lipinski definition) is 2. The zero-order chi connectivity index (χ0) is 7.98. The topological polar surface area (TPSA) is 47.9 Å². The molecule has 0 aliphatic heterocycles. The van der Waals surface area contributed by atoms with Gasteiger partial charge in [0.25, 0.3) is 0 Å². The van der Waals surface area contributed by atoms with Crippen LogP contribution >= 0.6 is 0 Å². The molecule has 4 nitrogen and oxygen atoms in total. The van der Waals surface area contributed by atoms with Crippen LogP contribution < -0.4 is 5.32 Å². The summed E-state index contributed by atoms with van der Waals surface area (Å²) in [6.07, 6.45) is 0.792. The Bertz CT molecular complexity index is 103. The van der Waals surface area contributed by atoms with Crippen LogP contribution in [0.3, 0.4) is 0 Å². The number of aliphatic hydroxyl groups is 1. The monoisotopic (exact) mass is 145 g/mol. The molecule has 2 N–H and O–H groups in total. The maximum absolute atomic E-state index is 8.96. The summed E-state index contributed by atoms with van der Waals surface area (Å²) < 4.78 is 0. The first-order chi connectivity index (χ1) is 4.66. The van der Waals surface area contributed by atoms with Crippen molar-refractivity contribution in [2.24, 2.45) is 4.99 Å². The second-order valence-electron chi connectivity index (χ2n) is 2.16. The lowest BCUT2D eigenvalue weighted by Crippen LogP contribution is -2.27. The summed E-state index contributed by atoms with van der Waals surface area (Å²) in [6.45, 7) is 2.63. The van der Waals surface area contributed by atoms with E-state index in [4.69, 9.17) is 5.11 Å². The molecule has 0 saturated heterocycles. The molecule has 0 heterocycles. The summed E-state index contributed by atoms with van der Waals surface area (Å²) in [5, 5.41) is 11.7. The van der Waals surface area contributed by atoms with Crippen LogP contribution in [0.25, 0.3) is 0 Å². The second-order valence-corrected chi connectivity index (χ2v) is 2.16. The lowest BCUT2D eigenvalue weighted by molar-refractivity contribution is 0.149. The molecule has 1 unspecified atom stereocenters. The molecule has 0 aliphatic rings. The van der Waals surface area contributed by atoms with Gasteiger partial charge in [0.2, 0.25) is 6.35 Å². The molecular weight excluding hydrogens is 130 g/mol. The third-order valence-corrected chi connectivity index (χ3v) is 0.826. The predicted molar refractivity (Wildman–Crippen MR) is 41.9 cm³/mol. The molecule has 0 aromatic heterocycles.